The van der Waals surface area contributed by atoms with Crippen molar-refractivity contribution in [2.75, 3.05) is 7.11 Å². The van der Waals surface area contributed by atoms with E-state index in [0.717, 1.165) is 15.8 Å². The topological polar surface area (TPSA) is 44.1 Å². The third-order valence-electron chi connectivity index (χ3n) is 4.78. The van der Waals surface area contributed by atoms with Crippen molar-refractivity contribution in [3.63, 3.8) is 0 Å². The molecule has 0 bridgehead atoms. The van der Waals surface area contributed by atoms with Gasteiger partial charge in [-0.3, -0.25) is 9.36 Å². The normalized spacial score (nSPS) is 11.0. The van der Waals surface area contributed by atoms with Gasteiger partial charge in [0.15, 0.2) is 0 Å². The molecule has 0 saturated carbocycles. The second-order valence-electron chi connectivity index (χ2n) is 6.66. The highest BCUT2D eigenvalue weighted by Crippen LogP contribution is 2.22. The number of ether oxygens (including phenoxy) is 1. The molecule has 4 nitrogen and oxygen atoms in total. The number of hydrogen-bond donors (Lipinski definition) is 0. The first-order valence-corrected chi connectivity index (χ1v) is 9.93. The Morgan fingerprint density at radius 2 is 1.86 bits per heavy atom. The number of benzene rings is 3. The van der Waals surface area contributed by atoms with Crippen molar-refractivity contribution in [1.82, 2.24) is 9.55 Å². The minimum absolute atomic E-state index is 0.149. The Morgan fingerprint density at radius 3 is 2.59 bits per heavy atom. The van der Waals surface area contributed by atoms with Gasteiger partial charge in [-0.05, 0) is 54.4 Å². The van der Waals surface area contributed by atoms with Crippen molar-refractivity contribution in [2.24, 2.45) is 0 Å². The zero-order valence-corrected chi connectivity index (χ0v) is 17.3. The molecule has 29 heavy (non-hydrogen) atoms. The second kappa shape index (κ2) is 8.17. The molecule has 0 unspecified atom stereocenters. The van der Waals surface area contributed by atoms with Crippen LogP contribution in [0.15, 0.2) is 76.0 Å². The molecule has 1 heterocycles. The predicted molar refractivity (Wildman–Crippen MR) is 116 cm³/mol. The maximum atomic E-state index is 13.8. The van der Waals surface area contributed by atoms with E-state index in [1.807, 2.05) is 30.3 Å². The summed E-state index contributed by atoms with van der Waals surface area (Å²) in [6.45, 7) is 0.423. The van der Waals surface area contributed by atoms with Gasteiger partial charge in [0, 0.05) is 16.6 Å². The molecule has 6 heteroatoms. The van der Waals surface area contributed by atoms with Gasteiger partial charge in [0.05, 0.1) is 18.0 Å². The Hall–Kier alpha value is -2.99. The molecule has 3 aromatic carbocycles. The summed E-state index contributed by atoms with van der Waals surface area (Å²) in [5.41, 5.74) is 2.07. The van der Waals surface area contributed by atoms with E-state index in [9.17, 15) is 9.18 Å². The third-order valence-corrected chi connectivity index (χ3v) is 5.28. The van der Waals surface area contributed by atoms with Crippen LogP contribution in [0.2, 0.25) is 0 Å². The largest absolute Gasteiger partial charge is 0.497 e. The average Bonchev–Trinajstić information content (AvgIpc) is 2.74. The molecule has 0 aliphatic heterocycles. The minimum Gasteiger partial charge on any atom is -0.497 e. The fraction of sp³-hybridized carbons (Fsp3) is 0.130. The Bertz CT molecular complexity index is 1240. The first-order valence-electron chi connectivity index (χ1n) is 9.14. The van der Waals surface area contributed by atoms with Crippen LogP contribution in [0.1, 0.15) is 5.56 Å². The fourth-order valence-corrected chi connectivity index (χ4v) is 3.64. The molecule has 4 aromatic rings. The van der Waals surface area contributed by atoms with E-state index in [1.165, 1.54) is 12.1 Å². The summed E-state index contributed by atoms with van der Waals surface area (Å²) in [4.78, 5) is 18.0. The van der Waals surface area contributed by atoms with Crippen LogP contribution >= 0.6 is 15.9 Å². The lowest BCUT2D eigenvalue weighted by atomic mass is 10.1. The van der Waals surface area contributed by atoms with Gasteiger partial charge in [-0.1, -0.05) is 40.2 Å². The Balaban J connectivity index is 1.81. The number of aromatic nitrogens is 2. The maximum Gasteiger partial charge on any atom is 0.261 e. The van der Waals surface area contributed by atoms with Gasteiger partial charge in [0.2, 0.25) is 0 Å². The lowest BCUT2D eigenvalue weighted by Crippen LogP contribution is -2.24. The van der Waals surface area contributed by atoms with E-state index in [2.05, 4.69) is 20.9 Å². The van der Waals surface area contributed by atoms with Gasteiger partial charge in [-0.25, -0.2) is 9.37 Å². The third kappa shape index (κ3) is 4.07. The van der Waals surface area contributed by atoms with Gasteiger partial charge < -0.3 is 4.74 Å². The molecule has 4 rings (SSSR count). The monoisotopic (exact) mass is 452 g/mol. The number of hydrogen-bond acceptors (Lipinski definition) is 3. The number of methoxy groups -OCH3 is 1. The van der Waals surface area contributed by atoms with Crippen molar-refractivity contribution in [1.29, 1.82) is 0 Å². The van der Waals surface area contributed by atoms with E-state index >= 15 is 0 Å². The minimum atomic E-state index is -0.366. The van der Waals surface area contributed by atoms with Crippen LogP contribution in [-0.4, -0.2) is 16.7 Å². The SMILES string of the molecule is COc1ccc(CCn2c(-c3cccc(F)c3)nc3ccc(Br)cc3c2=O)cc1. The van der Waals surface area contributed by atoms with Crippen LogP contribution in [0.3, 0.4) is 0 Å². The van der Waals surface area contributed by atoms with Gasteiger partial charge in [0.1, 0.15) is 17.4 Å². The molecule has 0 saturated heterocycles. The second-order valence-corrected chi connectivity index (χ2v) is 7.58. The number of fused-ring (bicyclic) bond motifs is 1. The number of nitrogens with zero attached hydrogens (tertiary/aromatic N) is 2. The van der Waals surface area contributed by atoms with Crippen molar-refractivity contribution >= 4 is 26.8 Å². The highest BCUT2D eigenvalue weighted by Gasteiger charge is 2.14. The van der Waals surface area contributed by atoms with E-state index < -0.39 is 0 Å². The van der Waals surface area contributed by atoms with Crippen LogP contribution in [0.4, 0.5) is 4.39 Å². The van der Waals surface area contributed by atoms with E-state index in [4.69, 9.17) is 4.74 Å². The van der Waals surface area contributed by atoms with Gasteiger partial charge in [-0.15, -0.1) is 0 Å². The molecule has 0 fully saturated rings. The lowest BCUT2D eigenvalue weighted by molar-refractivity contribution is 0.414. The van der Waals surface area contributed by atoms with E-state index in [0.29, 0.717) is 35.3 Å². The molecular weight excluding hydrogens is 435 g/mol. The molecule has 0 aliphatic rings. The summed E-state index contributed by atoms with van der Waals surface area (Å²) in [7, 11) is 1.62. The number of aryl methyl sites for hydroxylation is 1. The summed E-state index contributed by atoms with van der Waals surface area (Å²) in [6, 6.07) is 19.3. The summed E-state index contributed by atoms with van der Waals surface area (Å²) in [5, 5.41) is 0.522. The highest BCUT2D eigenvalue weighted by atomic mass is 79.9. The first-order chi connectivity index (χ1) is 14.0. The number of rotatable bonds is 5. The molecule has 146 valence electrons. The Kier molecular flexibility index (Phi) is 5.45. The van der Waals surface area contributed by atoms with Crippen LogP contribution in [0.25, 0.3) is 22.3 Å². The quantitative estimate of drug-likeness (QED) is 0.417. The van der Waals surface area contributed by atoms with Gasteiger partial charge in [0.25, 0.3) is 5.56 Å². The van der Waals surface area contributed by atoms with Gasteiger partial charge >= 0.3 is 0 Å². The smallest absolute Gasteiger partial charge is 0.261 e. The van der Waals surface area contributed by atoms with E-state index in [1.54, 1.807) is 35.9 Å². The molecule has 0 amide bonds. The summed E-state index contributed by atoms with van der Waals surface area (Å²) in [6.07, 6.45) is 0.632. The zero-order valence-electron chi connectivity index (χ0n) is 15.7. The molecule has 0 spiro atoms. The zero-order chi connectivity index (χ0) is 20.4. The molecular formula is C23H18BrFN2O2. The Labute approximate surface area is 175 Å². The first kappa shape index (κ1) is 19.3. The van der Waals surface area contributed by atoms with Crippen molar-refractivity contribution in [3.8, 4) is 17.1 Å². The standard InChI is InChI=1S/C23H18BrFN2O2/c1-29-19-8-5-15(6-9-19)11-12-27-22(16-3-2-4-18(25)13-16)26-21-10-7-17(24)14-20(21)23(27)28/h2-10,13-14H,11-12H2,1H3. The molecule has 0 N–H and O–H groups in total. The van der Waals surface area contributed by atoms with Crippen molar-refractivity contribution in [3.05, 3.63) is 92.9 Å². The highest BCUT2D eigenvalue weighted by molar-refractivity contribution is 9.10. The van der Waals surface area contributed by atoms with Crippen molar-refractivity contribution < 1.29 is 9.13 Å². The summed E-state index contributed by atoms with van der Waals surface area (Å²) >= 11 is 3.42. The summed E-state index contributed by atoms with van der Waals surface area (Å²) in [5.74, 6) is 0.871. The maximum absolute atomic E-state index is 13.8. The lowest BCUT2D eigenvalue weighted by Gasteiger charge is -2.14. The molecule has 0 atom stereocenters. The van der Waals surface area contributed by atoms with Gasteiger partial charge in [-0.2, -0.15) is 0 Å². The van der Waals surface area contributed by atoms with Crippen molar-refractivity contribution in [2.45, 2.75) is 13.0 Å². The number of halogens is 2. The van der Waals surface area contributed by atoms with Crippen LogP contribution in [0.5, 0.6) is 5.75 Å². The van der Waals surface area contributed by atoms with E-state index in [-0.39, 0.29) is 11.4 Å². The summed E-state index contributed by atoms with van der Waals surface area (Å²) < 4.78 is 21.5. The van der Waals surface area contributed by atoms with Crippen LogP contribution in [-0.2, 0) is 13.0 Å². The predicted octanol–water partition coefficient (Wildman–Crippen LogP) is 5.22. The average molecular weight is 453 g/mol. The van der Waals surface area contributed by atoms with Crippen LogP contribution in [0, 0.1) is 5.82 Å². The molecule has 0 aliphatic carbocycles. The van der Waals surface area contributed by atoms with Crippen LogP contribution < -0.4 is 10.3 Å². The molecule has 1 aromatic heterocycles. The fourth-order valence-electron chi connectivity index (χ4n) is 3.28. The Morgan fingerprint density at radius 1 is 1.07 bits per heavy atom. The molecule has 0 radical (unpaired) electrons.